The van der Waals surface area contributed by atoms with E-state index in [0.29, 0.717) is 0 Å². The maximum absolute atomic E-state index is 12.3. The van der Waals surface area contributed by atoms with Crippen molar-refractivity contribution in [3.8, 4) is 5.75 Å². The van der Waals surface area contributed by atoms with Crippen molar-refractivity contribution in [2.75, 3.05) is 13.6 Å². The smallest absolute Gasteiger partial charge is 0.406 e. The normalized spacial score (nSPS) is 14.3. The van der Waals surface area contributed by atoms with Gasteiger partial charge in [-0.3, -0.25) is 0 Å². The number of hydrogen-bond donors (Lipinski definition) is 1. The quantitative estimate of drug-likeness (QED) is 0.836. The monoisotopic (exact) mass is 390 g/mol. The highest BCUT2D eigenvalue weighted by molar-refractivity contribution is 9.10. The zero-order chi connectivity index (χ0) is 16.4. The van der Waals surface area contributed by atoms with Crippen LogP contribution < -0.4 is 10.5 Å². The Morgan fingerprint density at radius 3 is 2.43 bits per heavy atom. The van der Waals surface area contributed by atoms with Gasteiger partial charge in [0.2, 0.25) is 10.0 Å². The minimum absolute atomic E-state index is 0.0275. The van der Waals surface area contributed by atoms with Gasteiger partial charge in [0.15, 0.2) is 0 Å². The van der Waals surface area contributed by atoms with Crippen LogP contribution in [0.4, 0.5) is 13.2 Å². The molecular weight excluding hydrogens is 377 g/mol. The van der Waals surface area contributed by atoms with E-state index in [1.54, 1.807) is 6.92 Å². The first-order chi connectivity index (χ1) is 9.49. The third-order valence-electron chi connectivity index (χ3n) is 2.76. The first-order valence-corrected chi connectivity index (χ1v) is 7.95. The molecule has 0 aromatic heterocycles. The Hall–Kier alpha value is -0.840. The molecule has 120 valence electrons. The highest BCUT2D eigenvalue weighted by atomic mass is 79.9. The van der Waals surface area contributed by atoms with Gasteiger partial charge in [-0.05, 0) is 41.1 Å². The number of hydrogen-bond acceptors (Lipinski definition) is 4. The summed E-state index contributed by atoms with van der Waals surface area (Å²) < 4.78 is 65.7. The average molecular weight is 391 g/mol. The van der Waals surface area contributed by atoms with Gasteiger partial charge >= 0.3 is 6.36 Å². The van der Waals surface area contributed by atoms with Gasteiger partial charge < -0.3 is 10.5 Å². The Kier molecular flexibility index (Phi) is 5.64. The minimum atomic E-state index is -4.84. The van der Waals surface area contributed by atoms with E-state index < -0.39 is 28.2 Å². The lowest BCUT2D eigenvalue weighted by Gasteiger charge is -2.23. The maximum Gasteiger partial charge on any atom is 0.573 e. The van der Waals surface area contributed by atoms with Crippen LogP contribution in [-0.2, 0) is 10.0 Å². The predicted octanol–water partition coefficient (Wildman–Crippen LogP) is 2.32. The topological polar surface area (TPSA) is 72.6 Å². The van der Waals surface area contributed by atoms with Crippen molar-refractivity contribution in [2.45, 2.75) is 24.2 Å². The number of alkyl halides is 3. The summed E-state index contributed by atoms with van der Waals surface area (Å²) in [7, 11) is -2.53. The summed E-state index contributed by atoms with van der Waals surface area (Å²) in [4.78, 5) is -0.167. The molecular formula is C11H14BrF3N2O3S. The molecule has 0 heterocycles. The summed E-state index contributed by atoms with van der Waals surface area (Å²) in [6, 6.07) is 2.47. The molecule has 0 saturated heterocycles. The van der Waals surface area contributed by atoms with E-state index in [9.17, 15) is 21.6 Å². The molecule has 10 heteroatoms. The summed E-state index contributed by atoms with van der Waals surface area (Å²) >= 11 is 2.95. The fraction of sp³-hybridized carbons (Fsp3) is 0.455. The number of nitrogens with zero attached hydrogens (tertiary/aromatic N) is 1. The van der Waals surface area contributed by atoms with Crippen LogP contribution in [0, 0.1) is 0 Å². The standard InChI is InChI=1S/C11H14BrF3N2O3S/c1-7(6-16)17(2)21(18,19)10-4-3-8(5-9(10)12)20-11(13,14)15/h3-5,7H,6,16H2,1-2H3. The zero-order valence-electron chi connectivity index (χ0n) is 11.2. The molecule has 1 rings (SSSR count). The molecule has 2 N–H and O–H groups in total. The molecule has 5 nitrogen and oxygen atoms in total. The van der Waals surface area contributed by atoms with Crippen molar-refractivity contribution >= 4 is 26.0 Å². The van der Waals surface area contributed by atoms with Crippen LogP contribution in [0.15, 0.2) is 27.6 Å². The van der Waals surface area contributed by atoms with Crippen LogP contribution in [0.5, 0.6) is 5.75 Å². The van der Waals surface area contributed by atoms with Crippen molar-refractivity contribution in [3.63, 3.8) is 0 Å². The van der Waals surface area contributed by atoms with E-state index in [4.69, 9.17) is 5.73 Å². The van der Waals surface area contributed by atoms with E-state index in [1.807, 2.05) is 0 Å². The SMILES string of the molecule is CC(CN)N(C)S(=O)(=O)c1ccc(OC(F)(F)F)cc1Br. The Morgan fingerprint density at radius 1 is 1.43 bits per heavy atom. The Morgan fingerprint density at radius 2 is 2.00 bits per heavy atom. The van der Waals surface area contributed by atoms with Gasteiger partial charge in [-0.25, -0.2) is 8.42 Å². The predicted molar refractivity (Wildman–Crippen MR) is 74.3 cm³/mol. The Bertz CT molecular complexity index is 607. The molecule has 0 aliphatic rings. The molecule has 1 aromatic rings. The fourth-order valence-electron chi connectivity index (χ4n) is 1.43. The first-order valence-electron chi connectivity index (χ1n) is 5.72. The summed E-state index contributed by atoms with van der Waals surface area (Å²) in [5.41, 5.74) is 5.42. The van der Waals surface area contributed by atoms with Gasteiger partial charge in [0.1, 0.15) is 5.75 Å². The number of ether oxygens (including phenoxy) is 1. The minimum Gasteiger partial charge on any atom is -0.406 e. The molecule has 0 aliphatic carbocycles. The molecule has 1 unspecified atom stereocenters. The third kappa shape index (κ3) is 4.56. The van der Waals surface area contributed by atoms with E-state index in [-0.39, 0.29) is 15.9 Å². The van der Waals surface area contributed by atoms with Crippen LogP contribution in [0.1, 0.15) is 6.92 Å². The number of rotatable bonds is 5. The van der Waals surface area contributed by atoms with E-state index in [2.05, 4.69) is 20.7 Å². The zero-order valence-corrected chi connectivity index (χ0v) is 13.6. The van der Waals surface area contributed by atoms with Gasteiger partial charge in [-0.2, -0.15) is 4.31 Å². The van der Waals surface area contributed by atoms with Crippen molar-refractivity contribution < 1.29 is 26.3 Å². The molecule has 0 spiro atoms. The first kappa shape index (κ1) is 18.2. The van der Waals surface area contributed by atoms with E-state index >= 15 is 0 Å². The van der Waals surface area contributed by atoms with E-state index in [1.165, 1.54) is 7.05 Å². The van der Waals surface area contributed by atoms with Crippen LogP contribution >= 0.6 is 15.9 Å². The molecule has 21 heavy (non-hydrogen) atoms. The molecule has 0 radical (unpaired) electrons. The van der Waals surface area contributed by atoms with Crippen LogP contribution in [0.25, 0.3) is 0 Å². The fourth-order valence-corrected chi connectivity index (χ4v) is 3.82. The van der Waals surface area contributed by atoms with Gasteiger partial charge in [0.25, 0.3) is 0 Å². The van der Waals surface area contributed by atoms with Gasteiger partial charge in [-0.1, -0.05) is 0 Å². The highest BCUT2D eigenvalue weighted by Crippen LogP contribution is 2.31. The van der Waals surface area contributed by atoms with Crippen LogP contribution in [0.2, 0.25) is 0 Å². The van der Waals surface area contributed by atoms with Crippen molar-refractivity contribution in [2.24, 2.45) is 5.73 Å². The van der Waals surface area contributed by atoms with Crippen LogP contribution in [0.3, 0.4) is 0 Å². The molecule has 1 aromatic carbocycles. The second-order valence-electron chi connectivity index (χ2n) is 4.25. The molecule has 0 bridgehead atoms. The van der Waals surface area contributed by atoms with Crippen molar-refractivity contribution in [1.82, 2.24) is 4.31 Å². The highest BCUT2D eigenvalue weighted by Gasteiger charge is 2.32. The number of nitrogens with two attached hydrogens (primary N) is 1. The van der Waals surface area contributed by atoms with Gasteiger partial charge in [0, 0.05) is 24.1 Å². The molecule has 1 atom stereocenters. The van der Waals surface area contributed by atoms with Crippen molar-refractivity contribution in [1.29, 1.82) is 0 Å². The number of benzene rings is 1. The average Bonchev–Trinajstić information content (AvgIpc) is 2.34. The molecule has 0 amide bonds. The lowest BCUT2D eigenvalue weighted by molar-refractivity contribution is -0.274. The number of likely N-dealkylation sites (N-methyl/N-ethyl adjacent to an activating group) is 1. The van der Waals surface area contributed by atoms with Gasteiger partial charge in [0.05, 0.1) is 4.90 Å². The molecule has 0 aliphatic heterocycles. The lowest BCUT2D eigenvalue weighted by atomic mass is 10.3. The number of sulfonamides is 1. The number of halogens is 4. The van der Waals surface area contributed by atoms with Crippen molar-refractivity contribution in [3.05, 3.63) is 22.7 Å². The largest absolute Gasteiger partial charge is 0.573 e. The summed E-state index contributed by atoms with van der Waals surface area (Å²) in [5, 5.41) is 0. The van der Waals surface area contributed by atoms with E-state index in [0.717, 1.165) is 22.5 Å². The summed E-state index contributed by atoms with van der Waals surface area (Å²) in [5.74, 6) is -0.511. The third-order valence-corrected chi connectivity index (χ3v) is 5.70. The molecule has 0 saturated carbocycles. The Balaban J connectivity index is 3.15. The Labute approximate surface area is 129 Å². The van der Waals surface area contributed by atoms with Crippen LogP contribution in [-0.4, -0.2) is 38.7 Å². The molecule has 0 fully saturated rings. The second kappa shape index (κ2) is 6.51. The second-order valence-corrected chi connectivity index (χ2v) is 7.07. The summed E-state index contributed by atoms with van der Waals surface area (Å²) in [6.45, 7) is 1.73. The maximum atomic E-state index is 12.3. The summed E-state index contributed by atoms with van der Waals surface area (Å²) in [6.07, 6.45) is -4.84. The van der Waals surface area contributed by atoms with Gasteiger partial charge in [-0.15, -0.1) is 13.2 Å². The lowest BCUT2D eigenvalue weighted by Crippen LogP contribution is -2.39.